The number of benzene rings is 1. The minimum atomic E-state index is 0.183. The fourth-order valence-corrected chi connectivity index (χ4v) is 2.45. The van der Waals surface area contributed by atoms with Gasteiger partial charge in [0, 0.05) is 26.2 Å². The molecular weight excluding hydrogens is 228 g/mol. The van der Waals surface area contributed by atoms with Crippen LogP contribution in [0.15, 0.2) is 24.3 Å². The molecule has 0 aliphatic carbocycles. The van der Waals surface area contributed by atoms with Gasteiger partial charge in [-0.1, -0.05) is 12.1 Å². The zero-order valence-corrected chi connectivity index (χ0v) is 10.8. The number of likely N-dealkylation sites (tertiary alicyclic amines) is 1. The van der Waals surface area contributed by atoms with Crippen LogP contribution in [0.25, 0.3) is 0 Å². The van der Waals surface area contributed by atoms with Gasteiger partial charge in [0.2, 0.25) is 0 Å². The summed E-state index contributed by atoms with van der Waals surface area (Å²) in [5.41, 5.74) is 1.22. The van der Waals surface area contributed by atoms with Gasteiger partial charge in [-0.05, 0) is 24.7 Å². The van der Waals surface area contributed by atoms with Gasteiger partial charge in [-0.15, -0.1) is 0 Å². The first kappa shape index (κ1) is 12.0. The van der Waals surface area contributed by atoms with E-state index in [0.717, 1.165) is 38.5 Å². The fraction of sp³-hybridized carbons (Fsp3) is 0.571. The van der Waals surface area contributed by atoms with E-state index in [1.165, 1.54) is 5.56 Å². The molecule has 0 aromatic heterocycles. The van der Waals surface area contributed by atoms with Crippen LogP contribution in [0, 0.1) is 0 Å². The van der Waals surface area contributed by atoms with Gasteiger partial charge < -0.3 is 14.8 Å². The van der Waals surface area contributed by atoms with Crippen molar-refractivity contribution in [3.63, 3.8) is 0 Å². The first-order valence-corrected chi connectivity index (χ1v) is 6.59. The maximum absolute atomic E-state index is 5.86. The maximum atomic E-state index is 5.86. The van der Waals surface area contributed by atoms with E-state index in [9.17, 15) is 0 Å². The van der Waals surface area contributed by atoms with Gasteiger partial charge in [-0.25, -0.2) is 0 Å². The van der Waals surface area contributed by atoms with E-state index in [1.807, 2.05) is 12.1 Å². The summed E-state index contributed by atoms with van der Waals surface area (Å²) in [6, 6.07) is 8.31. The Bertz CT molecular complexity index is 381. The molecule has 1 aromatic rings. The molecule has 1 atom stereocenters. The van der Waals surface area contributed by atoms with E-state index < -0.39 is 0 Å². The van der Waals surface area contributed by atoms with Crippen LogP contribution in [-0.4, -0.2) is 50.8 Å². The van der Waals surface area contributed by atoms with Gasteiger partial charge in [-0.2, -0.15) is 0 Å². The Morgan fingerprint density at radius 3 is 2.67 bits per heavy atom. The van der Waals surface area contributed by atoms with Crippen molar-refractivity contribution in [1.29, 1.82) is 0 Å². The molecule has 4 heteroatoms. The lowest BCUT2D eigenvalue weighted by Crippen LogP contribution is -2.51. The summed E-state index contributed by atoms with van der Waals surface area (Å²) < 4.78 is 11.6. The zero-order valence-electron chi connectivity index (χ0n) is 10.8. The summed E-state index contributed by atoms with van der Waals surface area (Å²) in [5.74, 6) is 0.959. The standard InChI is InChI=1S/C14H20N2O2/c1-16-9-13(10-16)18-12-4-2-11(3-5-12)14-8-15-6-7-17-14/h2-5,13-15H,6-10H2,1H3. The van der Waals surface area contributed by atoms with Gasteiger partial charge in [0.05, 0.1) is 12.7 Å². The molecule has 0 radical (unpaired) electrons. The van der Waals surface area contributed by atoms with E-state index in [0.29, 0.717) is 6.10 Å². The normalized spacial score (nSPS) is 25.7. The number of nitrogens with one attached hydrogen (secondary N) is 1. The smallest absolute Gasteiger partial charge is 0.124 e. The molecule has 0 bridgehead atoms. The minimum Gasteiger partial charge on any atom is -0.488 e. The van der Waals surface area contributed by atoms with Crippen LogP contribution in [0.4, 0.5) is 0 Å². The number of rotatable bonds is 3. The highest BCUT2D eigenvalue weighted by Gasteiger charge is 2.24. The third kappa shape index (κ3) is 2.66. The number of hydrogen-bond acceptors (Lipinski definition) is 4. The SMILES string of the molecule is CN1CC(Oc2ccc(C3CNCCO3)cc2)C1. The number of ether oxygens (including phenoxy) is 2. The van der Waals surface area contributed by atoms with Crippen molar-refractivity contribution in [3.8, 4) is 5.75 Å². The highest BCUT2D eigenvalue weighted by atomic mass is 16.5. The summed E-state index contributed by atoms with van der Waals surface area (Å²) in [4.78, 5) is 2.25. The lowest BCUT2D eigenvalue weighted by atomic mass is 10.1. The highest BCUT2D eigenvalue weighted by Crippen LogP contribution is 2.23. The third-order valence-electron chi connectivity index (χ3n) is 3.51. The Morgan fingerprint density at radius 1 is 1.28 bits per heavy atom. The molecule has 3 rings (SSSR count). The van der Waals surface area contributed by atoms with E-state index in [1.54, 1.807) is 0 Å². The first-order chi connectivity index (χ1) is 8.81. The fourth-order valence-electron chi connectivity index (χ4n) is 2.45. The molecule has 0 saturated carbocycles. The average Bonchev–Trinajstić information content (AvgIpc) is 2.39. The Labute approximate surface area is 108 Å². The van der Waals surface area contributed by atoms with Crippen LogP contribution < -0.4 is 10.1 Å². The second-order valence-corrected chi connectivity index (χ2v) is 5.09. The number of morpholine rings is 1. The second kappa shape index (κ2) is 5.26. The van der Waals surface area contributed by atoms with Crippen molar-refractivity contribution in [1.82, 2.24) is 10.2 Å². The molecule has 0 amide bonds. The van der Waals surface area contributed by atoms with Crippen LogP contribution in [0.2, 0.25) is 0 Å². The van der Waals surface area contributed by atoms with Crippen molar-refractivity contribution in [3.05, 3.63) is 29.8 Å². The third-order valence-corrected chi connectivity index (χ3v) is 3.51. The Balaban J connectivity index is 1.58. The van der Waals surface area contributed by atoms with Crippen LogP contribution >= 0.6 is 0 Å². The molecule has 2 aliphatic rings. The average molecular weight is 248 g/mol. The highest BCUT2D eigenvalue weighted by molar-refractivity contribution is 5.29. The molecule has 4 nitrogen and oxygen atoms in total. The molecule has 2 saturated heterocycles. The Hall–Kier alpha value is -1.10. The molecule has 98 valence electrons. The van der Waals surface area contributed by atoms with Crippen molar-refractivity contribution >= 4 is 0 Å². The van der Waals surface area contributed by atoms with E-state index in [4.69, 9.17) is 9.47 Å². The second-order valence-electron chi connectivity index (χ2n) is 5.09. The number of hydrogen-bond donors (Lipinski definition) is 1. The largest absolute Gasteiger partial charge is 0.488 e. The summed E-state index contributed by atoms with van der Waals surface area (Å²) in [5, 5.41) is 3.34. The van der Waals surface area contributed by atoms with Gasteiger partial charge >= 0.3 is 0 Å². The summed E-state index contributed by atoms with van der Waals surface area (Å²) in [7, 11) is 2.11. The van der Waals surface area contributed by atoms with Crippen molar-refractivity contribution in [2.75, 3.05) is 39.8 Å². The predicted octanol–water partition coefficient (Wildman–Crippen LogP) is 1.04. The predicted molar refractivity (Wildman–Crippen MR) is 69.9 cm³/mol. The van der Waals surface area contributed by atoms with Crippen LogP contribution in [-0.2, 0) is 4.74 Å². The van der Waals surface area contributed by atoms with Gasteiger partial charge in [0.15, 0.2) is 0 Å². The number of nitrogens with zero attached hydrogens (tertiary/aromatic N) is 1. The van der Waals surface area contributed by atoms with E-state index in [-0.39, 0.29) is 6.10 Å². The van der Waals surface area contributed by atoms with Crippen molar-refractivity contribution in [2.24, 2.45) is 0 Å². The number of likely N-dealkylation sites (N-methyl/N-ethyl adjacent to an activating group) is 1. The minimum absolute atomic E-state index is 0.183. The van der Waals surface area contributed by atoms with Gasteiger partial charge in [0.1, 0.15) is 11.9 Å². The van der Waals surface area contributed by atoms with Gasteiger partial charge in [0.25, 0.3) is 0 Å². The molecule has 2 aliphatic heterocycles. The lowest BCUT2D eigenvalue weighted by Gasteiger charge is -2.36. The summed E-state index contributed by atoms with van der Waals surface area (Å²) in [6.45, 7) is 4.69. The Morgan fingerprint density at radius 2 is 2.06 bits per heavy atom. The monoisotopic (exact) mass is 248 g/mol. The summed E-state index contributed by atoms with van der Waals surface area (Å²) in [6.07, 6.45) is 0.538. The maximum Gasteiger partial charge on any atom is 0.124 e. The summed E-state index contributed by atoms with van der Waals surface area (Å²) >= 11 is 0. The lowest BCUT2D eigenvalue weighted by molar-refractivity contribution is 0.0273. The molecule has 2 fully saturated rings. The Kier molecular flexibility index (Phi) is 3.50. The van der Waals surface area contributed by atoms with E-state index >= 15 is 0 Å². The molecule has 18 heavy (non-hydrogen) atoms. The molecule has 2 heterocycles. The van der Waals surface area contributed by atoms with Crippen molar-refractivity contribution < 1.29 is 9.47 Å². The van der Waals surface area contributed by atoms with Crippen molar-refractivity contribution in [2.45, 2.75) is 12.2 Å². The zero-order chi connectivity index (χ0) is 12.4. The molecule has 0 spiro atoms. The molecule has 1 unspecified atom stereocenters. The van der Waals surface area contributed by atoms with Gasteiger partial charge in [-0.3, -0.25) is 4.90 Å². The van der Waals surface area contributed by atoms with Crippen LogP contribution in [0.5, 0.6) is 5.75 Å². The first-order valence-electron chi connectivity index (χ1n) is 6.59. The topological polar surface area (TPSA) is 33.7 Å². The van der Waals surface area contributed by atoms with E-state index in [2.05, 4.69) is 29.4 Å². The molecule has 1 aromatic carbocycles. The quantitative estimate of drug-likeness (QED) is 0.866. The van der Waals surface area contributed by atoms with Crippen LogP contribution in [0.1, 0.15) is 11.7 Å². The molecular formula is C14H20N2O2. The van der Waals surface area contributed by atoms with Crippen LogP contribution in [0.3, 0.4) is 0 Å². The molecule has 1 N–H and O–H groups in total.